The Labute approximate surface area is 158 Å². The highest BCUT2D eigenvalue weighted by Crippen LogP contribution is 2.27. The SMILES string of the molecule is C=C1Nc2ccccc2C(c2ccccc2)=NC1Nc1nnc(CCC)o1. The van der Waals surface area contributed by atoms with E-state index >= 15 is 0 Å². The predicted molar refractivity (Wildman–Crippen MR) is 107 cm³/mol. The first-order chi connectivity index (χ1) is 13.2. The van der Waals surface area contributed by atoms with Gasteiger partial charge in [-0.3, -0.25) is 4.99 Å². The fraction of sp³-hybridized carbons (Fsp3) is 0.190. The van der Waals surface area contributed by atoms with Crippen LogP contribution in [0.2, 0.25) is 0 Å². The molecule has 0 aliphatic carbocycles. The molecule has 136 valence electrons. The predicted octanol–water partition coefficient (Wildman–Crippen LogP) is 4.24. The summed E-state index contributed by atoms with van der Waals surface area (Å²) in [6, 6.07) is 18.5. The molecule has 0 spiro atoms. The molecule has 0 bridgehead atoms. The Balaban J connectivity index is 1.72. The number of nitrogens with zero attached hydrogens (tertiary/aromatic N) is 3. The van der Waals surface area contributed by atoms with Crippen LogP contribution in [0.15, 0.2) is 76.3 Å². The highest BCUT2D eigenvalue weighted by molar-refractivity contribution is 6.16. The molecule has 1 unspecified atom stereocenters. The fourth-order valence-electron chi connectivity index (χ4n) is 3.01. The van der Waals surface area contributed by atoms with E-state index in [1.54, 1.807) is 0 Å². The summed E-state index contributed by atoms with van der Waals surface area (Å²) in [5.41, 5.74) is 4.61. The van der Waals surface area contributed by atoms with E-state index < -0.39 is 6.17 Å². The zero-order valence-electron chi connectivity index (χ0n) is 15.1. The maximum Gasteiger partial charge on any atom is 0.317 e. The molecule has 1 aromatic heterocycles. The van der Waals surface area contributed by atoms with Gasteiger partial charge < -0.3 is 15.1 Å². The maximum atomic E-state index is 5.66. The molecule has 1 atom stereocenters. The average molecular weight is 359 g/mol. The lowest BCUT2D eigenvalue weighted by Crippen LogP contribution is -2.23. The summed E-state index contributed by atoms with van der Waals surface area (Å²) in [7, 11) is 0. The largest absolute Gasteiger partial charge is 0.408 e. The summed E-state index contributed by atoms with van der Waals surface area (Å²) < 4.78 is 5.66. The molecule has 1 aliphatic heterocycles. The van der Waals surface area contributed by atoms with E-state index in [0.717, 1.165) is 35.4 Å². The number of nitrogens with one attached hydrogen (secondary N) is 2. The van der Waals surface area contributed by atoms with Crippen molar-refractivity contribution < 1.29 is 4.42 Å². The van der Waals surface area contributed by atoms with Crippen molar-refractivity contribution in [3.8, 4) is 0 Å². The van der Waals surface area contributed by atoms with Gasteiger partial charge in [-0.05, 0) is 12.5 Å². The number of hydrogen-bond donors (Lipinski definition) is 2. The number of para-hydroxylation sites is 1. The van der Waals surface area contributed by atoms with Crippen molar-refractivity contribution in [2.24, 2.45) is 4.99 Å². The van der Waals surface area contributed by atoms with Crippen molar-refractivity contribution in [1.29, 1.82) is 0 Å². The molecule has 0 amide bonds. The zero-order chi connectivity index (χ0) is 18.6. The molecule has 0 fully saturated rings. The quantitative estimate of drug-likeness (QED) is 0.713. The van der Waals surface area contributed by atoms with Crippen LogP contribution in [0.4, 0.5) is 11.7 Å². The Morgan fingerprint density at radius 2 is 1.85 bits per heavy atom. The minimum absolute atomic E-state index is 0.341. The highest BCUT2D eigenvalue weighted by atomic mass is 16.4. The Kier molecular flexibility index (Phi) is 4.70. The Hall–Kier alpha value is -3.41. The number of aliphatic imine (C=N–C) groups is 1. The molecule has 1 aliphatic rings. The minimum atomic E-state index is -0.442. The average Bonchev–Trinajstić information content (AvgIpc) is 3.08. The molecule has 2 N–H and O–H groups in total. The second kappa shape index (κ2) is 7.45. The van der Waals surface area contributed by atoms with Gasteiger partial charge in [0.25, 0.3) is 0 Å². The number of aromatic nitrogens is 2. The molecule has 0 saturated heterocycles. The van der Waals surface area contributed by atoms with Gasteiger partial charge in [0, 0.05) is 23.2 Å². The minimum Gasteiger partial charge on any atom is -0.408 e. The molecule has 2 heterocycles. The van der Waals surface area contributed by atoms with Crippen LogP contribution in [-0.4, -0.2) is 22.1 Å². The van der Waals surface area contributed by atoms with E-state index in [2.05, 4.69) is 40.4 Å². The van der Waals surface area contributed by atoms with Crippen LogP contribution in [0.3, 0.4) is 0 Å². The van der Waals surface area contributed by atoms with Gasteiger partial charge in [0.1, 0.15) is 0 Å². The summed E-state index contributed by atoms with van der Waals surface area (Å²) in [6.07, 6.45) is 1.26. The molecular weight excluding hydrogens is 338 g/mol. The van der Waals surface area contributed by atoms with E-state index in [1.807, 2.05) is 48.5 Å². The molecule has 0 saturated carbocycles. The van der Waals surface area contributed by atoms with E-state index in [1.165, 1.54) is 0 Å². The molecule has 2 aromatic carbocycles. The zero-order valence-corrected chi connectivity index (χ0v) is 15.1. The first-order valence-electron chi connectivity index (χ1n) is 9.02. The van der Waals surface area contributed by atoms with Gasteiger partial charge in [-0.2, -0.15) is 0 Å². The topological polar surface area (TPSA) is 75.3 Å². The first kappa shape index (κ1) is 17.0. The smallest absolute Gasteiger partial charge is 0.317 e. The third kappa shape index (κ3) is 3.60. The molecule has 6 nitrogen and oxygen atoms in total. The van der Waals surface area contributed by atoms with E-state index in [9.17, 15) is 0 Å². The lowest BCUT2D eigenvalue weighted by molar-refractivity contribution is 0.498. The normalized spacial score (nSPS) is 16.1. The molecule has 0 radical (unpaired) electrons. The van der Waals surface area contributed by atoms with Crippen molar-refractivity contribution in [2.75, 3.05) is 10.6 Å². The maximum absolute atomic E-state index is 5.66. The van der Waals surface area contributed by atoms with Crippen LogP contribution in [0.25, 0.3) is 0 Å². The van der Waals surface area contributed by atoms with Crippen LogP contribution < -0.4 is 10.6 Å². The summed E-state index contributed by atoms with van der Waals surface area (Å²) in [5, 5.41) is 14.7. The molecular formula is C21H21N5O. The molecule has 6 heteroatoms. The number of anilines is 2. The van der Waals surface area contributed by atoms with Crippen LogP contribution in [0.5, 0.6) is 0 Å². The molecule has 3 aromatic rings. The van der Waals surface area contributed by atoms with Crippen molar-refractivity contribution in [1.82, 2.24) is 10.2 Å². The number of benzene rings is 2. The summed E-state index contributed by atoms with van der Waals surface area (Å²) in [6.45, 7) is 6.22. The van der Waals surface area contributed by atoms with Gasteiger partial charge in [-0.15, -0.1) is 5.10 Å². The summed E-state index contributed by atoms with van der Waals surface area (Å²) >= 11 is 0. The molecule has 4 rings (SSSR count). The second-order valence-electron chi connectivity index (χ2n) is 6.34. The van der Waals surface area contributed by atoms with Crippen LogP contribution in [-0.2, 0) is 6.42 Å². The van der Waals surface area contributed by atoms with Crippen molar-refractivity contribution in [3.05, 3.63) is 83.9 Å². The monoisotopic (exact) mass is 359 g/mol. The Morgan fingerprint density at radius 1 is 1.07 bits per heavy atom. The van der Waals surface area contributed by atoms with Crippen molar-refractivity contribution in [2.45, 2.75) is 25.9 Å². The summed E-state index contributed by atoms with van der Waals surface area (Å²) in [5.74, 6) is 0.614. The number of hydrogen-bond acceptors (Lipinski definition) is 6. The van der Waals surface area contributed by atoms with Gasteiger partial charge in [0.2, 0.25) is 5.89 Å². The third-order valence-corrected chi connectivity index (χ3v) is 4.30. The number of rotatable bonds is 5. The van der Waals surface area contributed by atoms with E-state index in [-0.39, 0.29) is 0 Å². The highest BCUT2D eigenvalue weighted by Gasteiger charge is 2.23. The summed E-state index contributed by atoms with van der Waals surface area (Å²) in [4.78, 5) is 4.93. The fourth-order valence-corrected chi connectivity index (χ4v) is 3.01. The van der Waals surface area contributed by atoms with Crippen molar-refractivity contribution in [3.63, 3.8) is 0 Å². The Morgan fingerprint density at radius 3 is 2.67 bits per heavy atom. The third-order valence-electron chi connectivity index (χ3n) is 4.30. The second-order valence-corrected chi connectivity index (χ2v) is 6.34. The number of aryl methyl sites for hydroxylation is 1. The van der Waals surface area contributed by atoms with Gasteiger partial charge in [0.05, 0.1) is 11.4 Å². The first-order valence-corrected chi connectivity index (χ1v) is 9.02. The standard InChI is InChI=1S/C21H21N5O/c1-3-9-18-25-26-21(27-18)24-20-14(2)22-17-13-8-7-12-16(17)19(23-20)15-10-5-4-6-11-15/h4-8,10-13,20,22H,2-3,9H2,1H3,(H,24,26). The number of fused-ring (bicyclic) bond motifs is 1. The van der Waals surface area contributed by atoms with Gasteiger partial charge in [0.15, 0.2) is 6.17 Å². The number of benzodiazepines with no additional fused rings is 1. The van der Waals surface area contributed by atoms with E-state index in [4.69, 9.17) is 9.41 Å². The van der Waals surface area contributed by atoms with Gasteiger partial charge >= 0.3 is 6.01 Å². The molecule has 27 heavy (non-hydrogen) atoms. The Bertz CT molecular complexity index is 977. The van der Waals surface area contributed by atoms with E-state index in [0.29, 0.717) is 17.6 Å². The van der Waals surface area contributed by atoms with Crippen LogP contribution in [0, 0.1) is 0 Å². The lowest BCUT2D eigenvalue weighted by Gasteiger charge is -2.15. The van der Waals surface area contributed by atoms with Gasteiger partial charge in [-0.1, -0.05) is 67.1 Å². The van der Waals surface area contributed by atoms with Crippen molar-refractivity contribution >= 4 is 17.4 Å². The van der Waals surface area contributed by atoms with Crippen LogP contribution in [0.1, 0.15) is 30.4 Å². The van der Waals surface area contributed by atoms with Gasteiger partial charge in [-0.25, -0.2) is 0 Å². The lowest BCUT2D eigenvalue weighted by atomic mass is 10.0. The van der Waals surface area contributed by atoms with Crippen LogP contribution >= 0.6 is 0 Å².